The van der Waals surface area contributed by atoms with Crippen LogP contribution in [0.4, 0.5) is 0 Å². The molecule has 1 aliphatic rings. The number of nitrogens with zero attached hydrogens (tertiary/aromatic N) is 1. The van der Waals surface area contributed by atoms with Crippen LogP contribution in [0, 0.1) is 11.3 Å². The van der Waals surface area contributed by atoms with Crippen molar-refractivity contribution < 1.29 is 23.5 Å². The highest BCUT2D eigenvalue weighted by Gasteiger charge is 2.37. The molecule has 0 aliphatic heterocycles. The van der Waals surface area contributed by atoms with Gasteiger partial charge in [-0.1, -0.05) is 49.3 Å². The van der Waals surface area contributed by atoms with Gasteiger partial charge in [-0.3, -0.25) is 4.79 Å². The predicted octanol–water partition coefficient (Wildman–Crippen LogP) is 7.04. The van der Waals surface area contributed by atoms with Crippen LogP contribution in [0.5, 0.6) is 0 Å². The lowest BCUT2D eigenvalue weighted by Crippen LogP contribution is -2.29. The largest absolute Gasteiger partial charge is 0.460 e. The summed E-state index contributed by atoms with van der Waals surface area (Å²) in [5.74, 6) is 1.79. The summed E-state index contributed by atoms with van der Waals surface area (Å²) in [6.07, 6.45) is 5.31. The highest BCUT2D eigenvalue weighted by atomic mass is 16.6. The number of hydrogen-bond acceptors (Lipinski definition) is 6. The van der Waals surface area contributed by atoms with E-state index in [4.69, 9.17) is 18.7 Å². The van der Waals surface area contributed by atoms with Crippen LogP contribution < -0.4 is 0 Å². The first-order chi connectivity index (χ1) is 17.0. The van der Waals surface area contributed by atoms with Gasteiger partial charge in [-0.05, 0) is 69.8 Å². The molecule has 1 fully saturated rings. The lowest BCUT2D eigenvalue weighted by atomic mass is 9.67. The second kappa shape index (κ2) is 12.9. The molecule has 1 aromatic carbocycles. The zero-order valence-electron chi connectivity index (χ0n) is 23.0. The fourth-order valence-electron chi connectivity index (χ4n) is 5.19. The fourth-order valence-corrected chi connectivity index (χ4v) is 5.19. The van der Waals surface area contributed by atoms with Gasteiger partial charge in [0.1, 0.15) is 11.4 Å². The van der Waals surface area contributed by atoms with E-state index in [-0.39, 0.29) is 17.3 Å². The Hall–Kier alpha value is -2.18. The molecule has 6 nitrogen and oxygen atoms in total. The summed E-state index contributed by atoms with van der Waals surface area (Å²) >= 11 is 0. The summed E-state index contributed by atoms with van der Waals surface area (Å²) in [6, 6.07) is 12.2. The van der Waals surface area contributed by atoms with Gasteiger partial charge in [-0.25, -0.2) is 0 Å². The molecular weight excluding hydrogens is 454 g/mol. The van der Waals surface area contributed by atoms with Gasteiger partial charge in [0.15, 0.2) is 0 Å². The standard InChI is InChI=1S/C30H45NO5/c1-29(2,3)35-28(32)17-24(13-10-14-34-20-22-11-8-7-9-12-22)26-18-27(36-31-26)25-15-23(16-25)19-30(4,5)21-33-6/h7-9,11-12,18,23-25H,10,13-17,19-21H2,1-6H3/t23-,24-,25+/m0/s1. The minimum atomic E-state index is -0.507. The third-order valence-corrected chi connectivity index (χ3v) is 6.77. The summed E-state index contributed by atoms with van der Waals surface area (Å²) in [5.41, 5.74) is 1.70. The maximum atomic E-state index is 12.6. The van der Waals surface area contributed by atoms with Crippen molar-refractivity contribution in [3.63, 3.8) is 0 Å². The second-order valence-electron chi connectivity index (χ2n) is 12.2. The van der Waals surface area contributed by atoms with E-state index in [9.17, 15) is 4.79 Å². The minimum Gasteiger partial charge on any atom is -0.460 e. The van der Waals surface area contributed by atoms with Gasteiger partial charge in [0.2, 0.25) is 0 Å². The van der Waals surface area contributed by atoms with Crippen molar-refractivity contribution in [2.45, 2.75) is 97.2 Å². The Morgan fingerprint density at radius 3 is 2.53 bits per heavy atom. The summed E-state index contributed by atoms with van der Waals surface area (Å²) < 4.78 is 22.6. The number of rotatable bonds is 14. The molecule has 36 heavy (non-hydrogen) atoms. The quantitative estimate of drug-likeness (QED) is 0.205. The molecular formula is C30H45NO5. The number of carbonyl (C=O) groups is 1. The Kier molecular flexibility index (Phi) is 10.1. The van der Waals surface area contributed by atoms with Crippen LogP contribution in [-0.4, -0.2) is 37.1 Å². The normalized spacial score (nSPS) is 19.1. The van der Waals surface area contributed by atoms with Crippen LogP contribution in [0.1, 0.15) is 102 Å². The first-order valence-electron chi connectivity index (χ1n) is 13.3. The van der Waals surface area contributed by atoms with E-state index < -0.39 is 5.60 Å². The number of ether oxygens (including phenoxy) is 3. The summed E-state index contributed by atoms with van der Waals surface area (Å²) in [4.78, 5) is 12.6. The van der Waals surface area contributed by atoms with Gasteiger partial charge in [0.25, 0.3) is 0 Å². The highest BCUT2D eigenvalue weighted by Crippen LogP contribution is 2.47. The molecule has 200 valence electrons. The van der Waals surface area contributed by atoms with Gasteiger partial charge < -0.3 is 18.7 Å². The molecule has 6 heteroatoms. The first kappa shape index (κ1) is 28.4. The number of benzene rings is 1. The molecule has 0 saturated heterocycles. The average molecular weight is 500 g/mol. The van der Waals surface area contributed by atoms with Gasteiger partial charge in [0.05, 0.1) is 25.3 Å². The van der Waals surface area contributed by atoms with Gasteiger partial charge in [-0.2, -0.15) is 0 Å². The molecule has 1 aromatic heterocycles. The SMILES string of the molecule is COCC(C)(C)C[C@H]1C[C@@H](c2cc([C@@H](CCCOCc3ccccc3)CC(=O)OC(C)(C)C)no2)C1. The zero-order chi connectivity index (χ0) is 26.2. The van der Waals surface area contributed by atoms with E-state index in [1.165, 1.54) is 0 Å². The lowest BCUT2D eigenvalue weighted by molar-refractivity contribution is -0.155. The molecule has 0 spiro atoms. The summed E-state index contributed by atoms with van der Waals surface area (Å²) in [6.45, 7) is 12.2. The number of methoxy groups -OCH3 is 1. The maximum Gasteiger partial charge on any atom is 0.306 e. The molecule has 1 aliphatic carbocycles. The van der Waals surface area contributed by atoms with Gasteiger partial charge in [-0.15, -0.1) is 0 Å². The lowest BCUT2D eigenvalue weighted by Gasteiger charge is -2.38. The maximum absolute atomic E-state index is 12.6. The number of carbonyl (C=O) groups excluding carboxylic acids is 1. The first-order valence-corrected chi connectivity index (χ1v) is 13.3. The van der Waals surface area contributed by atoms with Crippen LogP contribution in [-0.2, 0) is 25.6 Å². The number of esters is 1. The fraction of sp³-hybridized carbons (Fsp3) is 0.667. The second-order valence-corrected chi connectivity index (χ2v) is 12.2. The zero-order valence-corrected chi connectivity index (χ0v) is 23.0. The number of aromatic nitrogens is 1. The highest BCUT2D eigenvalue weighted by molar-refractivity contribution is 5.71. The smallest absolute Gasteiger partial charge is 0.306 e. The van der Waals surface area contributed by atoms with E-state index in [1.54, 1.807) is 7.11 Å². The van der Waals surface area contributed by atoms with Crippen LogP contribution in [0.3, 0.4) is 0 Å². The van der Waals surface area contributed by atoms with Crippen molar-refractivity contribution in [1.29, 1.82) is 0 Å². The Morgan fingerprint density at radius 2 is 1.86 bits per heavy atom. The molecule has 0 unspecified atom stereocenters. The molecule has 0 N–H and O–H groups in total. The molecule has 1 heterocycles. The van der Waals surface area contributed by atoms with Crippen molar-refractivity contribution in [3.05, 3.63) is 53.4 Å². The van der Waals surface area contributed by atoms with E-state index in [1.807, 2.05) is 39.0 Å². The summed E-state index contributed by atoms with van der Waals surface area (Å²) in [5, 5.41) is 4.40. The van der Waals surface area contributed by atoms with E-state index in [2.05, 4.69) is 37.2 Å². The molecule has 1 saturated carbocycles. The minimum absolute atomic E-state index is 0.0471. The molecule has 2 aromatic rings. The third-order valence-electron chi connectivity index (χ3n) is 6.77. The van der Waals surface area contributed by atoms with Crippen LogP contribution in [0.25, 0.3) is 0 Å². The van der Waals surface area contributed by atoms with E-state index >= 15 is 0 Å². The molecule has 0 bridgehead atoms. The Morgan fingerprint density at radius 1 is 1.14 bits per heavy atom. The van der Waals surface area contributed by atoms with Crippen molar-refractivity contribution in [1.82, 2.24) is 5.16 Å². The van der Waals surface area contributed by atoms with Crippen LogP contribution >= 0.6 is 0 Å². The van der Waals surface area contributed by atoms with Crippen LogP contribution in [0.15, 0.2) is 40.9 Å². The molecule has 3 rings (SSSR count). The predicted molar refractivity (Wildman–Crippen MR) is 141 cm³/mol. The monoisotopic (exact) mass is 499 g/mol. The Balaban J connectivity index is 1.54. The van der Waals surface area contributed by atoms with Gasteiger partial charge >= 0.3 is 5.97 Å². The summed E-state index contributed by atoms with van der Waals surface area (Å²) in [7, 11) is 1.77. The Labute approximate surface area is 217 Å². The van der Waals surface area contributed by atoms with Crippen molar-refractivity contribution >= 4 is 5.97 Å². The topological polar surface area (TPSA) is 70.8 Å². The number of hydrogen-bond donors (Lipinski definition) is 0. The Bertz CT molecular complexity index is 924. The van der Waals surface area contributed by atoms with Crippen molar-refractivity contribution in [2.24, 2.45) is 11.3 Å². The third kappa shape index (κ3) is 9.36. The molecule has 0 amide bonds. The van der Waals surface area contributed by atoms with Crippen molar-refractivity contribution in [3.8, 4) is 0 Å². The van der Waals surface area contributed by atoms with E-state index in [0.29, 0.717) is 31.5 Å². The molecule has 0 radical (unpaired) electrons. The van der Waals surface area contributed by atoms with Crippen molar-refractivity contribution in [2.75, 3.05) is 20.3 Å². The van der Waals surface area contributed by atoms with E-state index in [0.717, 1.165) is 55.7 Å². The molecule has 1 atom stereocenters. The van der Waals surface area contributed by atoms with Crippen LogP contribution in [0.2, 0.25) is 0 Å². The van der Waals surface area contributed by atoms with Gasteiger partial charge in [0, 0.05) is 31.6 Å². The average Bonchev–Trinajstić information content (AvgIpc) is 3.24.